The predicted octanol–water partition coefficient (Wildman–Crippen LogP) is 4.71. The van der Waals surface area contributed by atoms with Gasteiger partial charge in [-0.1, -0.05) is 26.0 Å². The third-order valence-corrected chi connectivity index (χ3v) is 8.52. The van der Waals surface area contributed by atoms with Gasteiger partial charge in [-0.25, -0.2) is 26.9 Å². The number of rotatable bonds is 4. The first-order chi connectivity index (χ1) is 16.7. The molecular weight excluding hydrogens is 481 g/mol. The van der Waals surface area contributed by atoms with Gasteiger partial charge in [0.15, 0.2) is 5.82 Å². The Hall–Kier alpha value is -2.79. The van der Waals surface area contributed by atoms with E-state index < -0.39 is 15.8 Å². The van der Waals surface area contributed by atoms with Crippen LogP contribution in [0.15, 0.2) is 29.3 Å². The summed E-state index contributed by atoms with van der Waals surface area (Å²) in [5.74, 6) is 0.357. The SMILES string of the molecule is CC(C)(C)c1cn([C@@H]2CC[C@H](c3cc(Nc4ccc5c(c4F)CNS5(=O)=O)n(C(C)(C)C)n3)C2)nn1. The lowest BCUT2D eigenvalue weighted by atomic mass is 9.93. The van der Waals surface area contributed by atoms with Gasteiger partial charge in [-0.3, -0.25) is 0 Å². The van der Waals surface area contributed by atoms with Crippen LogP contribution >= 0.6 is 0 Å². The molecule has 2 atom stereocenters. The van der Waals surface area contributed by atoms with Gasteiger partial charge in [0.05, 0.1) is 33.6 Å². The Kier molecular flexibility index (Phi) is 5.79. The van der Waals surface area contributed by atoms with Crippen molar-refractivity contribution in [2.24, 2.45) is 0 Å². The highest BCUT2D eigenvalue weighted by molar-refractivity contribution is 7.89. The topological polar surface area (TPSA) is 107 Å². The fraction of sp³-hybridized carbons (Fsp3) is 0.560. The lowest BCUT2D eigenvalue weighted by molar-refractivity contribution is 0.356. The van der Waals surface area contributed by atoms with Crippen molar-refractivity contribution < 1.29 is 12.8 Å². The van der Waals surface area contributed by atoms with Gasteiger partial charge in [0.25, 0.3) is 0 Å². The average molecular weight is 516 g/mol. The van der Waals surface area contributed by atoms with Crippen molar-refractivity contribution in [3.05, 3.63) is 47.2 Å². The summed E-state index contributed by atoms with van der Waals surface area (Å²) in [7, 11) is -3.64. The predicted molar refractivity (Wildman–Crippen MR) is 135 cm³/mol. The van der Waals surface area contributed by atoms with E-state index in [1.807, 2.05) is 36.2 Å². The summed E-state index contributed by atoms with van der Waals surface area (Å²) in [5, 5.41) is 16.9. The summed E-state index contributed by atoms with van der Waals surface area (Å²) in [6.45, 7) is 12.5. The normalized spacial score (nSPS) is 21.6. The summed E-state index contributed by atoms with van der Waals surface area (Å²) in [6, 6.07) is 5.17. The molecule has 1 fully saturated rings. The molecular formula is C25H34FN7O2S. The molecule has 2 N–H and O–H groups in total. The fourth-order valence-corrected chi connectivity index (χ4v) is 6.19. The van der Waals surface area contributed by atoms with Crippen molar-refractivity contribution in [1.82, 2.24) is 29.5 Å². The van der Waals surface area contributed by atoms with Crippen LogP contribution in [0.1, 0.15) is 89.7 Å². The van der Waals surface area contributed by atoms with E-state index in [-0.39, 0.29) is 45.6 Å². The van der Waals surface area contributed by atoms with Crippen LogP contribution in [0, 0.1) is 5.82 Å². The van der Waals surface area contributed by atoms with Gasteiger partial charge in [0, 0.05) is 35.7 Å². The number of hydrogen-bond donors (Lipinski definition) is 2. The Morgan fingerprint density at radius 2 is 1.89 bits per heavy atom. The van der Waals surface area contributed by atoms with Gasteiger partial charge in [0.1, 0.15) is 5.82 Å². The minimum absolute atomic E-state index is 0.00436. The van der Waals surface area contributed by atoms with E-state index in [4.69, 9.17) is 5.10 Å². The number of aromatic nitrogens is 5. The van der Waals surface area contributed by atoms with Crippen molar-refractivity contribution in [3.63, 3.8) is 0 Å². The second kappa shape index (κ2) is 8.37. The van der Waals surface area contributed by atoms with Crippen molar-refractivity contribution in [3.8, 4) is 0 Å². The summed E-state index contributed by atoms with van der Waals surface area (Å²) in [5.41, 5.74) is 1.93. The summed E-state index contributed by atoms with van der Waals surface area (Å²) < 4.78 is 45.6. The van der Waals surface area contributed by atoms with Crippen LogP contribution in [0.25, 0.3) is 0 Å². The van der Waals surface area contributed by atoms with Crippen LogP contribution in [0.2, 0.25) is 0 Å². The van der Waals surface area contributed by atoms with Gasteiger partial charge in [0.2, 0.25) is 10.0 Å². The monoisotopic (exact) mass is 515 g/mol. The lowest BCUT2D eigenvalue weighted by Gasteiger charge is -2.23. The van der Waals surface area contributed by atoms with E-state index in [1.165, 1.54) is 12.1 Å². The van der Waals surface area contributed by atoms with E-state index in [0.717, 1.165) is 30.7 Å². The Balaban J connectivity index is 1.41. The van der Waals surface area contributed by atoms with Crippen LogP contribution in [0.4, 0.5) is 15.9 Å². The molecule has 1 aliphatic heterocycles. The molecule has 3 aromatic rings. The number of sulfonamides is 1. The van der Waals surface area contributed by atoms with Crippen LogP contribution in [-0.4, -0.2) is 33.2 Å². The van der Waals surface area contributed by atoms with Gasteiger partial charge in [-0.2, -0.15) is 5.10 Å². The summed E-state index contributed by atoms with van der Waals surface area (Å²) in [4.78, 5) is -0.00436. The third-order valence-electron chi connectivity index (χ3n) is 7.03. The highest BCUT2D eigenvalue weighted by Crippen LogP contribution is 2.42. The maximum Gasteiger partial charge on any atom is 0.241 e. The van der Waals surface area contributed by atoms with E-state index in [2.05, 4.69) is 47.3 Å². The van der Waals surface area contributed by atoms with Crippen LogP contribution < -0.4 is 10.0 Å². The second-order valence-electron chi connectivity index (χ2n) is 11.9. The molecule has 11 heteroatoms. The highest BCUT2D eigenvalue weighted by Gasteiger charge is 2.33. The maximum atomic E-state index is 15.3. The number of nitrogens with zero attached hydrogens (tertiary/aromatic N) is 5. The first-order valence-corrected chi connectivity index (χ1v) is 13.8. The molecule has 1 aromatic carbocycles. The zero-order chi connectivity index (χ0) is 26.0. The number of anilines is 2. The minimum atomic E-state index is -3.64. The lowest BCUT2D eigenvalue weighted by Crippen LogP contribution is -2.25. The number of nitrogens with one attached hydrogen (secondary N) is 2. The van der Waals surface area contributed by atoms with E-state index >= 15 is 4.39 Å². The molecule has 0 saturated heterocycles. The molecule has 1 aliphatic carbocycles. The molecule has 0 unspecified atom stereocenters. The van der Waals surface area contributed by atoms with Gasteiger partial charge >= 0.3 is 0 Å². The van der Waals surface area contributed by atoms with Crippen molar-refractivity contribution in [1.29, 1.82) is 0 Å². The number of benzene rings is 1. The van der Waals surface area contributed by atoms with Gasteiger partial charge in [-0.05, 0) is 52.2 Å². The first-order valence-electron chi connectivity index (χ1n) is 12.3. The third kappa shape index (κ3) is 4.43. The fourth-order valence-electron chi connectivity index (χ4n) is 4.96. The molecule has 5 rings (SSSR count). The molecule has 2 aromatic heterocycles. The van der Waals surface area contributed by atoms with E-state index in [9.17, 15) is 8.42 Å². The van der Waals surface area contributed by atoms with Crippen molar-refractivity contribution in [2.75, 3.05) is 5.32 Å². The molecule has 9 nitrogen and oxygen atoms in total. The average Bonchev–Trinajstić information content (AvgIpc) is 3.53. The quantitative estimate of drug-likeness (QED) is 0.521. The number of hydrogen-bond acceptors (Lipinski definition) is 6. The molecule has 1 saturated carbocycles. The Bertz CT molecular complexity index is 1410. The standard InChI is InChI=1S/C25H34FN7O2S/c1-24(2,3)21-14-32(31-29-21)16-8-7-15(11-16)19-12-22(33(30-19)25(4,5)6)28-18-9-10-20-17(23(18)26)13-27-36(20,34)35/h9-10,12,14-16,27-28H,7-8,11,13H2,1-6H3/t15-,16+/m0/s1. The molecule has 2 aliphatic rings. The molecule has 0 amide bonds. The smallest absolute Gasteiger partial charge is 0.241 e. The Morgan fingerprint density at radius 1 is 1.14 bits per heavy atom. The zero-order valence-corrected chi connectivity index (χ0v) is 22.4. The molecule has 0 radical (unpaired) electrons. The molecule has 0 bridgehead atoms. The molecule has 36 heavy (non-hydrogen) atoms. The Morgan fingerprint density at radius 3 is 2.56 bits per heavy atom. The van der Waals surface area contributed by atoms with Crippen molar-refractivity contribution >= 4 is 21.5 Å². The molecule has 194 valence electrons. The maximum absolute atomic E-state index is 15.3. The van der Waals surface area contributed by atoms with Crippen LogP contribution in [0.3, 0.4) is 0 Å². The second-order valence-corrected chi connectivity index (χ2v) is 13.6. The van der Waals surface area contributed by atoms with Crippen molar-refractivity contribution in [2.45, 2.75) is 95.2 Å². The molecule has 3 heterocycles. The van der Waals surface area contributed by atoms with Crippen LogP contribution in [0.5, 0.6) is 0 Å². The minimum Gasteiger partial charge on any atom is -0.338 e. The number of fused-ring (bicyclic) bond motifs is 1. The van der Waals surface area contributed by atoms with E-state index in [1.54, 1.807) is 0 Å². The highest BCUT2D eigenvalue weighted by atomic mass is 32.2. The largest absolute Gasteiger partial charge is 0.338 e. The van der Waals surface area contributed by atoms with E-state index in [0.29, 0.717) is 5.82 Å². The summed E-state index contributed by atoms with van der Waals surface area (Å²) in [6.07, 6.45) is 4.93. The Labute approximate surface area is 211 Å². The van der Waals surface area contributed by atoms with Crippen LogP contribution in [-0.2, 0) is 27.5 Å². The number of halogens is 1. The van der Waals surface area contributed by atoms with Gasteiger partial charge < -0.3 is 5.32 Å². The first kappa shape index (κ1) is 24.9. The molecule has 0 spiro atoms. The zero-order valence-electron chi connectivity index (χ0n) is 21.6. The summed E-state index contributed by atoms with van der Waals surface area (Å²) >= 11 is 0. The van der Waals surface area contributed by atoms with Gasteiger partial charge in [-0.15, -0.1) is 5.10 Å².